The molecule has 1 aliphatic carbocycles. The van der Waals surface area contributed by atoms with Gasteiger partial charge in [-0.1, -0.05) is 29.6 Å². The Hall–Kier alpha value is -2.98. The maximum atomic E-state index is 14.4. The molecule has 4 rings (SSSR count). The Morgan fingerprint density at radius 3 is 2.68 bits per heavy atom. The average Bonchev–Trinajstić information content (AvgIpc) is 3.17. The van der Waals surface area contributed by atoms with Gasteiger partial charge in [0.2, 0.25) is 5.95 Å². The Bertz CT molecular complexity index is 1150. The van der Waals surface area contributed by atoms with Crippen molar-refractivity contribution in [1.82, 2.24) is 9.97 Å². The van der Waals surface area contributed by atoms with Crippen molar-refractivity contribution in [3.63, 3.8) is 0 Å². The number of aromatic amines is 1. The van der Waals surface area contributed by atoms with E-state index in [0.29, 0.717) is 0 Å². The minimum atomic E-state index is -1.17. The van der Waals surface area contributed by atoms with Gasteiger partial charge in [-0.05, 0) is 37.1 Å². The first-order chi connectivity index (χ1) is 14.9. The Labute approximate surface area is 180 Å². The molecule has 1 heterocycles. The number of nitrogens with two attached hydrogens (primary N) is 1. The van der Waals surface area contributed by atoms with Crippen molar-refractivity contribution in [3.05, 3.63) is 52.3 Å². The Kier molecular flexibility index (Phi) is 5.92. The molecule has 1 fully saturated rings. The zero-order valence-electron chi connectivity index (χ0n) is 16.2. The largest absolute Gasteiger partial charge is 0.409 e. The summed E-state index contributed by atoms with van der Waals surface area (Å²) in [6.45, 7) is 0. The van der Waals surface area contributed by atoms with E-state index >= 15 is 0 Å². The molecule has 11 heteroatoms. The van der Waals surface area contributed by atoms with Gasteiger partial charge in [0.15, 0.2) is 17.5 Å². The van der Waals surface area contributed by atoms with E-state index in [2.05, 4.69) is 25.8 Å². The van der Waals surface area contributed by atoms with Crippen LogP contribution in [0.25, 0.3) is 11.0 Å². The maximum Gasteiger partial charge on any atom is 0.201 e. The lowest BCUT2D eigenvalue weighted by molar-refractivity contribution is 0.319. The van der Waals surface area contributed by atoms with Crippen molar-refractivity contribution in [2.24, 2.45) is 10.9 Å². The van der Waals surface area contributed by atoms with Crippen LogP contribution in [0.2, 0.25) is 5.02 Å². The van der Waals surface area contributed by atoms with Crippen LogP contribution < -0.4 is 16.4 Å². The van der Waals surface area contributed by atoms with E-state index in [1.165, 1.54) is 12.1 Å². The van der Waals surface area contributed by atoms with Gasteiger partial charge < -0.3 is 26.6 Å². The van der Waals surface area contributed by atoms with E-state index in [1.807, 2.05) is 0 Å². The Balaban J connectivity index is 1.71. The number of nitrogens with zero attached hydrogens (tertiary/aromatic N) is 2. The topological polar surface area (TPSA) is 111 Å². The van der Waals surface area contributed by atoms with Gasteiger partial charge in [0, 0.05) is 23.3 Å². The number of hydrogen-bond donors (Lipinski definition) is 5. The molecule has 7 nitrogen and oxygen atoms in total. The minimum absolute atomic E-state index is 0.0188. The second-order valence-electron chi connectivity index (χ2n) is 7.43. The molecule has 3 aromatic rings. The molecule has 0 unspecified atom stereocenters. The summed E-state index contributed by atoms with van der Waals surface area (Å²) in [5.41, 5.74) is 6.29. The smallest absolute Gasteiger partial charge is 0.201 e. The number of fused-ring (bicyclic) bond motifs is 1. The van der Waals surface area contributed by atoms with Crippen LogP contribution in [0.5, 0.6) is 0 Å². The van der Waals surface area contributed by atoms with Gasteiger partial charge >= 0.3 is 0 Å². The highest BCUT2D eigenvalue weighted by molar-refractivity contribution is 6.31. The Morgan fingerprint density at radius 2 is 1.97 bits per heavy atom. The van der Waals surface area contributed by atoms with Crippen molar-refractivity contribution < 1.29 is 18.4 Å². The SMILES string of the molecule is N[C@@H]1CCCC[C@@H]1Nc1nc2c(F)c(F)cc(/C(=N\O)Nc3ccc(F)c(Cl)c3)c2[nH]1. The lowest BCUT2D eigenvalue weighted by Crippen LogP contribution is -2.42. The van der Waals surface area contributed by atoms with Gasteiger partial charge in [0.1, 0.15) is 11.3 Å². The number of amidine groups is 1. The molecule has 1 aliphatic rings. The Morgan fingerprint density at radius 1 is 1.19 bits per heavy atom. The summed E-state index contributed by atoms with van der Waals surface area (Å²) in [6, 6.07) is 4.47. The number of benzene rings is 2. The number of hydrogen-bond acceptors (Lipinski definition) is 5. The summed E-state index contributed by atoms with van der Waals surface area (Å²) in [5.74, 6) is -2.93. The van der Waals surface area contributed by atoms with E-state index in [4.69, 9.17) is 17.3 Å². The number of nitrogens with one attached hydrogen (secondary N) is 3. The molecule has 0 aliphatic heterocycles. The van der Waals surface area contributed by atoms with Crippen molar-refractivity contribution in [2.45, 2.75) is 37.8 Å². The number of halogens is 4. The number of H-pyrrole nitrogens is 1. The second kappa shape index (κ2) is 8.64. The summed E-state index contributed by atoms with van der Waals surface area (Å²) in [5, 5.41) is 18.4. The molecule has 1 aromatic heterocycles. The lowest BCUT2D eigenvalue weighted by atomic mass is 9.91. The third-order valence-corrected chi connectivity index (χ3v) is 5.63. The highest BCUT2D eigenvalue weighted by Gasteiger charge is 2.25. The minimum Gasteiger partial charge on any atom is -0.409 e. The third-order valence-electron chi connectivity index (χ3n) is 5.34. The predicted molar refractivity (Wildman–Crippen MR) is 113 cm³/mol. The number of aromatic nitrogens is 2. The fraction of sp³-hybridized carbons (Fsp3) is 0.300. The van der Waals surface area contributed by atoms with Gasteiger partial charge in [-0.25, -0.2) is 18.2 Å². The number of imidazole rings is 1. The normalized spacial score (nSPS) is 19.6. The van der Waals surface area contributed by atoms with Crippen LogP contribution in [0.1, 0.15) is 31.2 Å². The highest BCUT2D eigenvalue weighted by Crippen LogP contribution is 2.28. The van der Waals surface area contributed by atoms with E-state index < -0.39 is 17.5 Å². The lowest BCUT2D eigenvalue weighted by Gasteiger charge is -2.29. The molecule has 164 valence electrons. The molecule has 2 aromatic carbocycles. The second-order valence-corrected chi connectivity index (χ2v) is 7.84. The number of rotatable bonds is 4. The van der Waals surface area contributed by atoms with Crippen LogP contribution in [0.15, 0.2) is 29.4 Å². The molecule has 0 bridgehead atoms. The van der Waals surface area contributed by atoms with Crippen LogP contribution in [-0.2, 0) is 0 Å². The van der Waals surface area contributed by atoms with E-state index in [1.54, 1.807) is 0 Å². The van der Waals surface area contributed by atoms with Gasteiger partial charge in [-0.2, -0.15) is 0 Å². The van der Waals surface area contributed by atoms with Crippen molar-refractivity contribution >= 4 is 40.1 Å². The zero-order chi connectivity index (χ0) is 22.1. The molecule has 0 saturated heterocycles. The quantitative estimate of drug-likeness (QED) is 0.172. The van der Waals surface area contributed by atoms with Crippen molar-refractivity contribution in [2.75, 3.05) is 10.6 Å². The first-order valence-electron chi connectivity index (χ1n) is 9.71. The van der Waals surface area contributed by atoms with Crippen LogP contribution in [0, 0.1) is 17.5 Å². The highest BCUT2D eigenvalue weighted by atomic mass is 35.5. The zero-order valence-corrected chi connectivity index (χ0v) is 17.0. The first kappa shape index (κ1) is 21.3. The summed E-state index contributed by atoms with van der Waals surface area (Å²) < 4.78 is 42.1. The van der Waals surface area contributed by atoms with Crippen LogP contribution >= 0.6 is 11.6 Å². The van der Waals surface area contributed by atoms with Crippen molar-refractivity contribution in [3.8, 4) is 0 Å². The standard InChI is InChI=1S/C20H20ClF3N6O/c21-11-7-9(5-6-12(11)22)26-19(30-31)10-8-13(23)16(24)18-17(10)28-20(29-18)27-15-4-2-1-3-14(15)25/h5-8,14-15,31H,1-4,25H2,(H,26,30)(H2,27,28,29)/t14-,15+/m1/s1. The van der Waals surface area contributed by atoms with Gasteiger partial charge in [0.05, 0.1) is 10.5 Å². The predicted octanol–water partition coefficient (Wildman–Crippen LogP) is 4.56. The molecule has 0 spiro atoms. The maximum absolute atomic E-state index is 14.4. The molecular formula is C20H20ClF3N6O. The molecule has 1 saturated carbocycles. The average molecular weight is 453 g/mol. The summed E-state index contributed by atoms with van der Waals surface area (Å²) >= 11 is 5.77. The monoisotopic (exact) mass is 452 g/mol. The van der Waals surface area contributed by atoms with E-state index in [0.717, 1.165) is 37.8 Å². The van der Waals surface area contributed by atoms with Gasteiger partial charge in [0.25, 0.3) is 0 Å². The van der Waals surface area contributed by atoms with Crippen molar-refractivity contribution in [1.29, 1.82) is 0 Å². The van der Waals surface area contributed by atoms with Crippen LogP contribution in [0.3, 0.4) is 0 Å². The summed E-state index contributed by atoms with van der Waals surface area (Å²) in [6.07, 6.45) is 3.74. The van der Waals surface area contributed by atoms with Crippen LogP contribution in [0.4, 0.5) is 24.8 Å². The summed E-state index contributed by atoms with van der Waals surface area (Å²) in [7, 11) is 0. The third kappa shape index (κ3) is 4.26. The molecule has 6 N–H and O–H groups in total. The van der Waals surface area contributed by atoms with Gasteiger partial charge in [-0.3, -0.25) is 0 Å². The molecule has 2 atom stereocenters. The van der Waals surface area contributed by atoms with E-state index in [9.17, 15) is 18.4 Å². The fourth-order valence-electron chi connectivity index (χ4n) is 3.73. The van der Waals surface area contributed by atoms with E-state index in [-0.39, 0.29) is 51.2 Å². The molecule has 0 amide bonds. The molecule has 31 heavy (non-hydrogen) atoms. The van der Waals surface area contributed by atoms with Gasteiger partial charge in [-0.15, -0.1) is 0 Å². The number of anilines is 2. The molecule has 0 radical (unpaired) electrons. The number of oxime groups is 1. The van der Waals surface area contributed by atoms with Crippen LogP contribution in [-0.4, -0.2) is 33.1 Å². The fourth-order valence-corrected chi connectivity index (χ4v) is 3.91. The first-order valence-corrected chi connectivity index (χ1v) is 10.1. The summed E-state index contributed by atoms with van der Waals surface area (Å²) in [4.78, 5) is 7.06. The molecular weight excluding hydrogens is 433 g/mol.